The molecule has 2 unspecified atom stereocenters. The Morgan fingerprint density at radius 3 is 2.52 bits per heavy atom. The van der Waals surface area contributed by atoms with E-state index in [1.807, 2.05) is 44.4 Å². The van der Waals surface area contributed by atoms with Crippen molar-refractivity contribution in [3.05, 3.63) is 71.5 Å². The van der Waals surface area contributed by atoms with Crippen LogP contribution in [0.15, 0.2) is 54.6 Å². The lowest BCUT2D eigenvalue weighted by Crippen LogP contribution is -2.48. The van der Waals surface area contributed by atoms with E-state index in [1.165, 1.54) is 12.1 Å². The normalized spacial score (nSPS) is 18.9. The maximum atomic E-state index is 13.4. The van der Waals surface area contributed by atoms with Gasteiger partial charge in [-0.1, -0.05) is 42.5 Å². The number of likely N-dealkylation sites (N-methyl/N-ethyl adjacent to an activating group) is 2. The first kappa shape index (κ1) is 19.5. The largest absolute Gasteiger partial charge is 0.334 e. The Bertz CT molecular complexity index is 735. The third-order valence-electron chi connectivity index (χ3n) is 5.35. The second-order valence-corrected chi connectivity index (χ2v) is 7.23. The quantitative estimate of drug-likeness (QED) is 0.850. The molecule has 5 heteroatoms. The molecule has 4 nitrogen and oxygen atoms in total. The number of nitrogens with zero attached hydrogens (tertiary/aromatic N) is 2. The summed E-state index contributed by atoms with van der Waals surface area (Å²) in [6, 6.07) is 16.5. The first-order valence-electron chi connectivity index (χ1n) is 9.54. The average Bonchev–Trinajstić information content (AvgIpc) is 2.70. The molecule has 2 aromatic rings. The van der Waals surface area contributed by atoms with Crippen LogP contribution in [0.25, 0.3) is 0 Å². The number of benzene rings is 2. The van der Waals surface area contributed by atoms with Crippen LogP contribution in [0.3, 0.4) is 0 Å². The van der Waals surface area contributed by atoms with Gasteiger partial charge in [-0.3, -0.25) is 9.69 Å². The van der Waals surface area contributed by atoms with E-state index >= 15 is 0 Å². The minimum atomic E-state index is -0.272. The summed E-state index contributed by atoms with van der Waals surface area (Å²) in [5, 5.41) is 3.31. The summed E-state index contributed by atoms with van der Waals surface area (Å²) in [6.07, 6.45) is 2.25. The highest BCUT2D eigenvalue weighted by atomic mass is 19.1. The van der Waals surface area contributed by atoms with E-state index in [0.717, 1.165) is 37.1 Å². The number of halogens is 1. The van der Waals surface area contributed by atoms with Crippen molar-refractivity contribution in [3.8, 4) is 0 Å². The van der Waals surface area contributed by atoms with Gasteiger partial charge in [-0.05, 0) is 49.7 Å². The molecule has 144 valence electrons. The second-order valence-electron chi connectivity index (χ2n) is 7.23. The molecule has 1 fully saturated rings. The fourth-order valence-corrected chi connectivity index (χ4v) is 3.80. The van der Waals surface area contributed by atoms with E-state index in [-0.39, 0.29) is 17.8 Å². The van der Waals surface area contributed by atoms with E-state index < -0.39 is 0 Å². The number of rotatable bonds is 6. The monoisotopic (exact) mass is 369 g/mol. The molecule has 2 atom stereocenters. The molecule has 1 saturated heterocycles. The first-order chi connectivity index (χ1) is 13.1. The van der Waals surface area contributed by atoms with Crippen molar-refractivity contribution in [1.29, 1.82) is 0 Å². The summed E-state index contributed by atoms with van der Waals surface area (Å²) in [4.78, 5) is 17.1. The summed E-state index contributed by atoms with van der Waals surface area (Å²) in [5.41, 5.74) is 1.93. The molecule has 1 heterocycles. The van der Waals surface area contributed by atoms with Crippen LogP contribution in [0.2, 0.25) is 0 Å². The van der Waals surface area contributed by atoms with Gasteiger partial charge >= 0.3 is 0 Å². The van der Waals surface area contributed by atoms with Gasteiger partial charge in [0.1, 0.15) is 5.82 Å². The SMILES string of the molecule is CNC1CCCN(CC(=O)N(C)C(c2ccccc2)c2ccc(F)cc2)C1. The molecule has 1 aliphatic rings. The maximum absolute atomic E-state index is 13.4. The number of amides is 1. The molecule has 0 bridgehead atoms. The molecule has 0 aromatic heterocycles. The molecule has 0 aliphatic carbocycles. The standard InChI is InChI=1S/C22H28FN3O/c1-24-20-9-6-14-26(15-20)16-21(27)25(2)22(17-7-4-3-5-8-17)18-10-12-19(23)13-11-18/h3-5,7-8,10-13,20,22,24H,6,9,14-16H2,1-2H3. The Kier molecular flexibility index (Phi) is 6.58. The molecule has 0 spiro atoms. The van der Waals surface area contributed by atoms with Crippen LogP contribution < -0.4 is 5.32 Å². The molecule has 0 saturated carbocycles. The van der Waals surface area contributed by atoms with Gasteiger partial charge in [-0.25, -0.2) is 4.39 Å². The van der Waals surface area contributed by atoms with Crippen molar-refractivity contribution in [2.24, 2.45) is 0 Å². The third kappa shape index (κ3) is 4.93. The van der Waals surface area contributed by atoms with Crippen molar-refractivity contribution >= 4 is 5.91 Å². The van der Waals surface area contributed by atoms with Crippen LogP contribution in [0.4, 0.5) is 4.39 Å². The summed E-state index contributed by atoms with van der Waals surface area (Å²) < 4.78 is 13.4. The molecule has 2 aromatic carbocycles. The van der Waals surface area contributed by atoms with Crippen LogP contribution in [0, 0.1) is 5.82 Å². The van der Waals surface area contributed by atoms with E-state index in [2.05, 4.69) is 10.2 Å². The topological polar surface area (TPSA) is 35.6 Å². The zero-order chi connectivity index (χ0) is 19.2. The Balaban J connectivity index is 1.79. The van der Waals surface area contributed by atoms with Gasteiger partial charge in [0.05, 0.1) is 12.6 Å². The van der Waals surface area contributed by atoms with Gasteiger partial charge in [0.2, 0.25) is 5.91 Å². The van der Waals surface area contributed by atoms with Crippen molar-refractivity contribution in [1.82, 2.24) is 15.1 Å². The molecular formula is C22H28FN3O. The van der Waals surface area contributed by atoms with Crippen LogP contribution in [0.1, 0.15) is 30.0 Å². The lowest BCUT2D eigenvalue weighted by Gasteiger charge is -2.35. The summed E-state index contributed by atoms with van der Waals surface area (Å²) >= 11 is 0. The minimum Gasteiger partial charge on any atom is -0.334 e. The fraction of sp³-hybridized carbons (Fsp3) is 0.409. The highest BCUT2D eigenvalue weighted by Gasteiger charge is 2.26. The number of piperidine rings is 1. The van der Waals surface area contributed by atoms with Crippen molar-refractivity contribution in [2.45, 2.75) is 24.9 Å². The molecule has 3 rings (SSSR count). The smallest absolute Gasteiger partial charge is 0.237 e. The zero-order valence-electron chi connectivity index (χ0n) is 16.1. The number of nitrogens with one attached hydrogen (secondary N) is 1. The van der Waals surface area contributed by atoms with Gasteiger partial charge in [0.25, 0.3) is 0 Å². The first-order valence-corrected chi connectivity index (χ1v) is 9.54. The highest BCUT2D eigenvalue weighted by molar-refractivity contribution is 5.79. The Labute approximate surface area is 161 Å². The molecular weight excluding hydrogens is 341 g/mol. The van der Waals surface area contributed by atoms with Crippen LogP contribution in [-0.2, 0) is 4.79 Å². The molecule has 1 aliphatic heterocycles. The lowest BCUT2D eigenvalue weighted by atomic mass is 9.97. The van der Waals surface area contributed by atoms with Crippen LogP contribution in [0.5, 0.6) is 0 Å². The predicted octanol–water partition coefficient (Wildman–Crippen LogP) is 3.06. The number of likely N-dealkylation sites (tertiary alicyclic amines) is 1. The van der Waals surface area contributed by atoms with Crippen molar-refractivity contribution in [2.75, 3.05) is 33.7 Å². The number of hydrogen-bond donors (Lipinski definition) is 1. The van der Waals surface area contributed by atoms with Gasteiger partial charge in [0.15, 0.2) is 0 Å². The minimum absolute atomic E-state index is 0.0740. The van der Waals surface area contributed by atoms with E-state index in [4.69, 9.17) is 0 Å². The van der Waals surface area contributed by atoms with Crippen LogP contribution in [-0.4, -0.2) is 55.5 Å². The van der Waals surface area contributed by atoms with E-state index in [1.54, 1.807) is 17.0 Å². The number of carbonyl (C=O) groups is 1. The number of hydrogen-bond acceptors (Lipinski definition) is 3. The fourth-order valence-electron chi connectivity index (χ4n) is 3.80. The van der Waals surface area contributed by atoms with Crippen molar-refractivity contribution in [3.63, 3.8) is 0 Å². The van der Waals surface area contributed by atoms with Gasteiger partial charge < -0.3 is 10.2 Å². The van der Waals surface area contributed by atoms with Gasteiger partial charge in [-0.15, -0.1) is 0 Å². The van der Waals surface area contributed by atoms with E-state index in [9.17, 15) is 9.18 Å². The van der Waals surface area contributed by atoms with E-state index in [0.29, 0.717) is 12.6 Å². The third-order valence-corrected chi connectivity index (χ3v) is 5.35. The Hall–Kier alpha value is -2.24. The highest BCUT2D eigenvalue weighted by Crippen LogP contribution is 2.28. The Morgan fingerprint density at radius 1 is 1.19 bits per heavy atom. The Morgan fingerprint density at radius 2 is 1.85 bits per heavy atom. The molecule has 0 radical (unpaired) electrons. The maximum Gasteiger partial charge on any atom is 0.237 e. The summed E-state index contributed by atoms with van der Waals surface area (Å²) in [7, 11) is 3.81. The zero-order valence-corrected chi connectivity index (χ0v) is 16.1. The second kappa shape index (κ2) is 9.11. The van der Waals surface area contributed by atoms with Crippen LogP contribution >= 0.6 is 0 Å². The van der Waals surface area contributed by atoms with Gasteiger partial charge in [-0.2, -0.15) is 0 Å². The molecule has 1 amide bonds. The lowest BCUT2D eigenvalue weighted by molar-refractivity contribution is -0.133. The summed E-state index contributed by atoms with van der Waals surface area (Å²) in [6.45, 7) is 2.24. The molecule has 27 heavy (non-hydrogen) atoms. The summed E-state index contributed by atoms with van der Waals surface area (Å²) in [5.74, 6) is -0.198. The number of carbonyl (C=O) groups excluding carboxylic acids is 1. The molecule has 1 N–H and O–H groups in total. The van der Waals surface area contributed by atoms with Gasteiger partial charge in [0, 0.05) is 19.6 Å². The van der Waals surface area contributed by atoms with Crippen molar-refractivity contribution < 1.29 is 9.18 Å². The predicted molar refractivity (Wildman–Crippen MR) is 106 cm³/mol. The average molecular weight is 369 g/mol.